The Morgan fingerprint density at radius 2 is 1.77 bits per heavy atom. The van der Waals surface area contributed by atoms with Crippen molar-refractivity contribution < 1.29 is 4.79 Å². The van der Waals surface area contributed by atoms with Gasteiger partial charge in [-0.25, -0.2) is 4.79 Å². The highest BCUT2D eigenvalue weighted by Crippen LogP contribution is 2.15. The predicted molar refractivity (Wildman–Crippen MR) is 87.0 cm³/mol. The Kier molecular flexibility index (Phi) is 3.78. The van der Waals surface area contributed by atoms with Crippen LogP contribution >= 0.6 is 0 Å². The van der Waals surface area contributed by atoms with Crippen LogP contribution in [0.3, 0.4) is 0 Å². The lowest BCUT2D eigenvalue weighted by molar-refractivity contribution is -0.116. The maximum absolute atomic E-state index is 12.0. The Morgan fingerprint density at radius 3 is 2.55 bits per heavy atom. The average Bonchev–Trinajstić information content (AvgIpc) is 2.86. The van der Waals surface area contributed by atoms with Crippen LogP contribution in [0.4, 0.5) is 5.69 Å². The van der Waals surface area contributed by atoms with Gasteiger partial charge in [-0.3, -0.25) is 4.79 Å². The van der Waals surface area contributed by atoms with Gasteiger partial charge in [0.2, 0.25) is 5.91 Å². The lowest BCUT2D eigenvalue weighted by Gasteiger charge is -2.06. The number of aromatic amines is 2. The number of aryl methyl sites for hydroxylation is 2. The summed E-state index contributed by atoms with van der Waals surface area (Å²) in [6.45, 7) is 2.04. The van der Waals surface area contributed by atoms with Crippen molar-refractivity contribution in [3.05, 3.63) is 64.1 Å². The van der Waals surface area contributed by atoms with E-state index >= 15 is 0 Å². The van der Waals surface area contributed by atoms with Crippen LogP contribution in [0.15, 0.2) is 47.3 Å². The summed E-state index contributed by atoms with van der Waals surface area (Å²) in [7, 11) is 0. The number of rotatable bonds is 4. The second-order valence-corrected chi connectivity index (χ2v) is 5.37. The second kappa shape index (κ2) is 5.89. The van der Waals surface area contributed by atoms with Crippen molar-refractivity contribution in [1.29, 1.82) is 0 Å². The molecule has 1 heterocycles. The minimum absolute atomic E-state index is 0.0437. The van der Waals surface area contributed by atoms with Gasteiger partial charge in [0, 0.05) is 12.1 Å². The number of anilines is 1. The van der Waals surface area contributed by atoms with Crippen molar-refractivity contribution in [2.24, 2.45) is 0 Å². The van der Waals surface area contributed by atoms with Crippen molar-refractivity contribution >= 4 is 22.6 Å². The molecule has 0 atom stereocenters. The minimum atomic E-state index is -0.252. The normalized spacial score (nSPS) is 10.8. The molecule has 1 amide bonds. The first-order valence-electron chi connectivity index (χ1n) is 7.17. The van der Waals surface area contributed by atoms with Gasteiger partial charge in [-0.15, -0.1) is 0 Å². The van der Waals surface area contributed by atoms with Crippen LogP contribution in [0, 0.1) is 6.92 Å². The van der Waals surface area contributed by atoms with E-state index in [9.17, 15) is 9.59 Å². The number of benzene rings is 2. The molecule has 5 nitrogen and oxygen atoms in total. The van der Waals surface area contributed by atoms with E-state index in [-0.39, 0.29) is 11.6 Å². The molecule has 112 valence electrons. The van der Waals surface area contributed by atoms with Gasteiger partial charge in [-0.2, -0.15) is 0 Å². The first-order valence-corrected chi connectivity index (χ1v) is 7.17. The van der Waals surface area contributed by atoms with E-state index in [1.165, 1.54) is 5.56 Å². The number of fused-ring (bicyclic) bond motifs is 1. The Hall–Kier alpha value is -2.82. The van der Waals surface area contributed by atoms with Crippen LogP contribution < -0.4 is 11.0 Å². The summed E-state index contributed by atoms with van der Waals surface area (Å²) in [5.74, 6) is -0.0437. The van der Waals surface area contributed by atoms with Gasteiger partial charge in [0.25, 0.3) is 0 Å². The molecule has 22 heavy (non-hydrogen) atoms. The smallest absolute Gasteiger partial charge is 0.323 e. The zero-order valence-electron chi connectivity index (χ0n) is 12.3. The van der Waals surface area contributed by atoms with E-state index in [1.807, 2.05) is 31.2 Å². The van der Waals surface area contributed by atoms with Gasteiger partial charge >= 0.3 is 5.69 Å². The molecule has 5 heteroatoms. The molecule has 0 saturated carbocycles. The third-order valence-electron chi connectivity index (χ3n) is 3.56. The number of hydrogen-bond acceptors (Lipinski definition) is 2. The van der Waals surface area contributed by atoms with Gasteiger partial charge in [-0.1, -0.05) is 29.8 Å². The number of carbonyl (C=O) groups is 1. The van der Waals surface area contributed by atoms with E-state index in [1.54, 1.807) is 18.2 Å². The monoisotopic (exact) mass is 295 g/mol. The maximum Gasteiger partial charge on any atom is 0.323 e. The van der Waals surface area contributed by atoms with Crippen LogP contribution in [0.2, 0.25) is 0 Å². The molecule has 1 aromatic heterocycles. The number of aromatic nitrogens is 2. The first-order chi connectivity index (χ1) is 10.6. The lowest BCUT2D eigenvalue weighted by Crippen LogP contribution is -2.12. The van der Waals surface area contributed by atoms with Gasteiger partial charge in [0.1, 0.15) is 0 Å². The zero-order valence-corrected chi connectivity index (χ0v) is 12.3. The number of imidazole rings is 1. The molecule has 2 aromatic carbocycles. The zero-order chi connectivity index (χ0) is 15.5. The molecular formula is C17H17N3O2. The average molecular weight is 295 g/mol. The molecule has 0 saturated heterocycles. The summed E-state index contributed by atoms with van der Waals surface area (Å²) in [6, 6.07) is 13.5. The van der Waals surface area contributed by atoms with Crippen LogP contribution in [0.5, 0.6) is 0 Å². The number of amides is 1. The molecule has 0 spiro atoms. The Bertz CT molecular complexity index is 859. The van der Waals surface area contributed by atoms with Crippen molar-refractivity contribution in [3.63, 3.8) is 0 Å². The molecule has 0 unspecified atom stereocenters. The van der Waals surface area contributed by atoms with Crippen molar-refractivity contribution in [2.75, 3.05) is 5.32 Å². The summed E-state index contributed by atoms with van der Waals surface area (Å²) in [6.07, 6.45) is 1.13. The molecule has 0 aliphatic rings. The van der Waals surface area contributed by atoms with E-state index in [0.29, 0.717) is 24.0 Å². The summed E-state index contributed by atoms with van der Waals surface area (Å²) >= 11 is 0. The molecular weight excluding hydrogens is 278 g/mol. The molecule has 0 aliphatic heterocycles. The molecule has 0 bridgehead atoms. The van der Waals surface area contributed by atoms with E-state index < -0.39 is 0 Å². The summed E-state index contributed by atoms with van der Waals surface area (Å²) in [4.78, 5) is 28.5. The standard InChI is InChI=1S/C17H17N3O2/c1-11-2-4-12(5-3-11)6-9-16(21)18-13-7-8-14-15(10-13)20-17(22)19-14/h2-5,7-8,10H,6,9H2,1H3,(H,18,21)(H2,19,20,22). The topological polar surface area (TPSA) is 77.8 Å². The quantitative estimate of drug-likeness (QED) is 0.692. The first kappa shape index (κ1) is 14.1. The fraction of sp³-hybridized carbons (Fsp3) is 0.176. The molecule has 0 fully saturated rings. The Morgan fingerprint density at radius 1 is 1.05 bits per heavy atom. The number of carbonyl (C=O) groups excluding carboxylic acids is 1. The number of H-pyrrole nitrogens is 2. The summed E-state index contributed by atoms with van der Waals surface area (Å²) < 4.78 is 0. The van der Waals surface area contributed by atoms with Crippen LogP contribution in [-0.2, 0) is 11.2 Å². The van der Waals surface area contributed by atoms with E-state index in [4.69, 9.17) is 0 Å². The van der Waals surface area contributed by atoms with Crippen LogP contribution in [0.25, 0.3) is 11.0 Å². The summed E-state index contributed by atoms with van der Waals surface area (Å²) in [5.41, 5.74) is 4.19. The summed E-state index contributed by atoms with van der Waals surface area (Å²) in [5, 5.41) is 2.85. The fourth-order valence-electron chi connectivity index (χ4n) is 2.35. The fourth-order valence-corrected chi connectivity index (χ4v) is 2.35. The highest BCUT2D eigenvalue weighted by atomic mass is 16.1. The van der Waals surface area contributed by atoms with Gasteiger partial charge < -0.3 is 15.3 Å². The van der Waals surface area contributed by atoms with Crippen molar-refractivity contribution in [1.82, 2.24) is 9.97 Å². The third kappa shape index (κ3) is 3.25. The lowest BCUT2D eigenvalue weighted by atomic mass is 10.1. The number of nitrogens with one attached hydrogen (secondary N) is 3. The highest BCUT2D eigenvalue weighted by molar-refractivity contribution is 5.93. The molecule has 3 aromatic rings. The molecule has 3 N–H and O–H groups in total. The van der Waals surface area contributed by atoms with Gasteiger partial charge in [0.05, 0.1) is 11.0 Å². The Labute approximate surface area is 127 Å². The van der Waals surface area contributed by atoms with Crippen molar-refractivity contribution in [3.8, 4) is 0 Å². The highest BCUT2D eigenvalue weighted by Gasteiger charge is 2.05. The second-order valence-electron chi connectivity index (χ2n) is 5.37. The molecule has 0 radical (unpaired) electrons. The van der Waals surface area contributed by atoms with Gasteiger partial charge in [0.15, 0.2) is 0 Å². The number of hydrogen-bond donors (Lipinski definition) is 3. The SMILES string of the molecule is Cc1ccc(CCC(=O)Nc2ccc3[nH]c(=O)[nH]c3c2)cc1. The third-order valence-corrected chi connectivity index (χ3v) is 3.56. The van der Waals surface area contributed by atoms with Crippen LogP contribution in [-0.4, -0.2) is 15.9 Å². The van der Waals surface area contributed by atoms with E-state index in [0.717, 1.165) is 11.1 Å². The van der Waals surface area contributed by atoms with E-state index in [2.05, 4.69) is 15.3 Å². The van der Waals surface area contributed by atoms with Gasteiger partial charge in [-0.05, 0) is 37.1 Å². The largest absolute Gasteiger partial charge is 0.326 e. The van der Waals surface area contributed by atoms with Crippen molar-refractivity contribution in [2.45, 2.75) is 19.8 Å². The minimum Gasteiger partial charge on any atom is -0.326 e. The maximum atomic E-state index is 12.0. The van der Waals surface area contributed by atoms with Crippen LogP contribution in [0.1, 0.15) is 17.5 Å². The predicted octanol–water partition coefficient (Wildman–Crippen LogP) is 2.74. The molecule has 0 aliphatic carbocycles. The Balaban J connectivity index is 1.62. The molecule has 3 rings (SSSR count).